The van der Waals surface area contributed by atoms with Gasteiger partial charge in [0.2, 0.25) is 18.2 Å². The van der Waals surface area contributed by atoms with Crippen LogP contribution in [0.25, 0.3) is 11.5 Å². The normalized spacial score (nSPS) is 9.95. The van der Waals surface area contributed by atoms with E-state index in [2.05, 4.69) is 20.4 Å². The van der Waals surface area contributed by atoms with Crippen molar-refractivity contribution in [1.29, 1.82) is 5.26 Å². The van der Waals surface area contributed by atoms with Crippen molar-refractivity contribution in [2.45, 2.75) is 0 Å². The van der Waals surface area contributed by atoms with Gasteiger partial charge < -0.3 is 9.15 Å². The van der Waals surface area contributed by atoms with Crippen molar-refractivity contribution in [1.82, 2.24) is 20.4 Å². The van der Waals surface area contributed by atoms with Gasteiger partial charge >= 0.3 is 0 Å². The predicted octanol–water partition coefficient (Wildman–Crippen LogP) is 2.19. The fraction of sp³-hybridized carbons (Fsp3) is 0. The van der Waals surface area contributed by atoms with Crippen molar-refractivity contribution in [2.24, 2.45) is 0 Å². The maximum atomic E-state index is 8.64. The van der Waals surface area contributed by atoms with Gasteiger partial charge in [0, 0.05) is 11.6 Å². The maximum Gasteiger partial charge on any atom is 0.247 e. The molecule has 20 heavy (non-hydrogen) atoms. The molecule has 0 spiro atoms. The van der Waals surface area contributed by atoms with Crippen LogP contribution in [0.15, 0.2) is 47.2 Å². The van der Waals surface area contributed by atoms with Gasteiger partial charge in [-0.05, 0) is 24.3 Å². The minimum atomic E-state index is 0.233. The largest absolute Gasteiger partial charge is 0.437 e. The van der Waals surface area contributed by atoms with Crippen molar-refractivity contribution in [3.8, 4) is 29.2 Å². The summed E-state index contributed by atoms with van der Waals surface area (Å²) in [6.07, 6.45) is 1.26. The summed E-state index contributed by atoms with van der Waals surface area (Å²) in [6.45, 7) is 0. The summed E-state index contributed by atoms with van der Waals surface area (Å²) in [5.41, 5.74) is 0.971. The smallest absolute Gasteiger partial charge is 0.247 e. The first-order chi connectivity index (χ1) is 9.85. The lowest BCUT2D eigenvalue weighted by atomic mass is 10.2. The third-order valence-corrected chi connectivity index (χ3v) is 2.42. The van der Waals surface area contributed by atoms with E-state index in [-0.39, 0.29) is 5.69 Å². The molecule has 0 saturated heterocycles. The molecule has 7 heteroatoms. The molecule has 0 aliphatic heterocycles. The first-order valence-electron chi connectivity index (χ1n) is 5.63. The van der Waals surface area contributed by atoms with Gasteiger partial charge in [-0.1, -0.05) is 6.07 Å². The number of hydrogen-bond acceptors (Lipinski definition) is 7. The van der Waals surface area contributed by atoms with Crippen LogP contribution in [-0.2, 0) is 0 Å². The van der Waals surface area contributed by atoms with Gasteiger partial charge in [-0.3, -0.25) is 0 Å². The molecule has 96 valence electrons. The topological polar surface area (TPSA) is 97.7 Å². The summed E-state index contributed by atoms with van der Waals surface area (Å²) >= 11 is 0. The minimum absolute atomic E-state index is 0.233. The Morgan fingerprint density at radius 3 is 2.75 bits per heavy atom. The standard InChI is InChI=1S/C13H7N5O2/c14-7-10-4-5-12(17-16-10)20-11-3-1-2-9(6-11)13-18-15-8-19-13/h1-6,8H. The van der Waals surface area contributed by atoms with Gasteiger partial charge in [0.15, 0.2) is 5.69 Å². The third-order valence-electron chi connectivity index (χ3n) is 2.42. The molecule has 3 aromatic rings. The van der Waals surface area contributed by atoms with Crippen molar-refractivity contribution < 1.29 is 9.15 Å². The highest BCUT2D eigenvalue weighted by Crippen LogP contribution is 2.24. The Morgan fingerprint density at radius 1 is 1.10 bits per heavy atom. The van der Waals surface area contributed by atoms with Crippen LogP contribution in [0.2, 0.25) is 0 Å². The van der Waals surface area contributed by atoms with E-state index in [9.17, 15) is 0 Å². The minimum Gasteiger partial charge on any atom is -0.437 e. The molecular formula is C13H7N5O2. The van der Waals surface area contributed by atoms with Crippen LogP contribution in [0, 0.1) is 11.3 Å². The van der Waals surface area contributed by atoms with E-state index in [1.54, 1.807) is 24.3 Å². The second kappa shape index (κ2) is 5.16. The fourth-order valence-electron chi connectivity index (χ4n) is 1.55. The lowest BCUT2D eigenvalue weighted by molar-refractivity contribution is 0.454. The van der Waals surface area contributed by atoms with E-state index < -0.39 is 0 Å². The fourth-order valence-corrected chi connectivity index (χ4v) is 1.55. The molecule has 0 radical (unpaired) electrons. The van der Waals surface area contributed by atoms with E-state index >= 15 is 0 Å². The first kappa shape index (κ1) is 11.8. The van der Waals surface area contributed by atoms with Crippen molar-refractivity contribution in [2.75, 3.05) is 0 Å². The van der Waals surface area contributed by atoms with Gasteiger partial charge in [0.05, 0.1) is 0 Å². The van der Waals surface area contributed by atoms with E-state index in [1.807, 2.05) is 12.1 Å². The summed E-state index contributed by atoms with van der Waals surface area (Å²) in [5.74, 6) is 1.26. The lowest BCUT2D eigenvalue weighted by Gasteiger charge is -2.04. The van der Waals surface area contributed by atoms with Gasteiger partial charge in [0.25, 0.3) is 0 Å². The van der Waals surface area contributed by atoms with Crippen LogP contribution in [-0.4, -0.2) is 20.4 Å². The summed E-state index contributed by atoms with van der Waals surface area (Å²) in [5, 5.41) is 23.6. The number of rotatable bonds is 3. The highest BCUT2D eigenvalue weighted by Gasteiger charge is 2.06. The molecule has 7 nitrogen and oxygen atoms in total. The van der Waals surface area contributed by atoms with Crippen LogP contribution in [0.5, 0.6) is 11.6 Å². The molecule has 3 rings (SSSR count). The number of hydrogen-bond donors (Lipinski definition) is 0. The van der Waals surface area contributed by atoms with Crippen LogP contribution in [0.1, 0.15) is 5.69 Å². The SMILES string of the molecule is N#Cc1ccc(Oc2cccc(-c3nnco3)c2)nn1. The van der Waals surface area contributed by atoms with Gasteiger partial charge in [-0.15, -0.1) is 20.4 Å². The molecule has 2 heterocycles. The molecule has 0 aliphatic rings. The number of nitrogens with zero attached hydrogens (tertiary/aromatic N) is 5. The molecule has 0 N–H and O–H groups in total. The highest BCUT2D eigenvalue weighted by molar-refractivity contribution is 5.55. The van der Waals surface area contributed by atoms with E-state index in [0.29, 0.717) is 17.5 Å². The van der Waals surface area contributed by atoms with Gasteiger partial charge in [0.1, 0.15) is 11.8 Å². The Labute approximate surface area is 113 Å². The molecular weight excluding hydrogens is 258 g/mol. The molecule has 0 fully saturated rings. The summed E-state index contributed by atoms with van der Waals surface area (Å²) in [4.78, 5) is 0. The lowest BCUT2D eigenvalue weighted by Crippen LogP contribution is -1.92. The summed E-state index contributed by atoms with van der Waals surface area (Å²) in [6, 6.07) is 12.1. The molecule has 0 amide bonds. The van der Waals surface area contributed by atoms with E-state index in [1.165, 1.54) is 12.5 Å². The zero-order valence-electron chi connectivity index (χ0n) is 10.1. The average molecular weight is 265 g/mol. The van der Waals surface area contributed by atoms with Gasteiger partial charge in [-0.2, -0.15) is 5.26 Å². The third kappa shape index (κ3) is 2.44. The van der Waals surface area contributed by atoms with Crippen molar-refractivity contribution in [3.63, 3.8) is 0 Å². The number of nitriles is 1. The number of ether oxygens (including phenoxy) is 1. The Bertz CT molecular complexity index is 747. The molecule has 2 aromatic heterocycles. The Balaban J connectivity index is 1.84. The highest BCUT2D eigenvalue weighted by atomic mass is 16.5. The monoisotopic (exact) mass is 265 g/mol. The average Bonchev–Trinajstić information content (AvgIpc) is 3.03. The molecule has 0 atom stereocenters. The van der Waals surface area contributed by atoms with Crippen LogP contribution >= 0.6 is 0 Å². The molecule has 0 unspecified atom stereocenters. The second-order valence-corrected chi connectivity index (χ2v) is 3.74. The molecule has 1 aromatic carbocycles. The van der Waals surface area contributed by atoms with Crippen molar-refractivity contribution >= 4 is 0 Å². The van der Waals surface area contributed by atoms with Crippen LogP contribution in [0.3, 0.4) is 0 Å². The zero-order valence-corrected chi connectivity index (χ0v) is 10.1. The molecule has 0 bridgehead atoms. The predicted molar refractivity (Wildman–Crippen MR) is 66.6 cm³/mol. The summed E-state index contributed by atoms with van der Waals surface area (Å²) in [7, 11) is 0. The Kier molecular flexibility index (Phi) is 3.04. The molecule has 0 saturated carbocycles. The van der Waals surface area contributed by atoms with E-state index in [4.69, 9.17) is 14.4 Å². The quantitative estimate of drug-likeness (QED) is 0.715. The van der Waals surface area contributed by atoms with Gasteiger partial charge in [-0.25, -0.2) is 0 Å². The Morgan fingerprint density at radius 2 is 2.05 bits per heavy atom. The second-order valence-electron chi connectivity index (χ2n) is 3.74. The number of benzene rings is 1. The van der Waals surface area contributed by atoms with Crippen LogP contribution in [0.4, 0.5) is 0 Å². The van der Waals surface area contributed by atoms with Crippen molar-refractivity contribution in [3.05, 3.63) is 48.5 Å². The summed E-state index contributed by atoms with van der Waals surface area (Å²) < 4.78 is 10.7. The molecule has 0 aliphatic carbocycles. The zero-order chi connectivity index (χ0) is 13.8. The first-order valence-corrected chi connectivity index (χ1v) is 5.63. The number of aromatic nitrogens is 4. The van der Waals surface area contributed by atoms with Crippen LogP contribution < -0.4 is 4.74 Å². The maximum absolute atomic E-state index is 8.64. The Hall–Kier alpha value is -3.27. The van der Waals surface area contributed by atoms with E-state index in [0.717, 1.165) is 5.56 Å².